The number of benzene rings is 2. The number of ether oxygens (including phenoxy) is 1. The van der Waals surface area contributed by atoms with E-state index in [-0.39, 0.29) is 24.2 Å². The van der Waals surface area contributed by atoms with Crippen LogP contribution >= 0.6 is 0 Å². The topological polar surface area (TPSA) is 53.1 Å². The highest BCUT2D eigenvalue weighted by atomic mass is 16.5. The minimum atomic E-state index is -0.266. The van der Waals surface area contributed by atoms with Gasteiger partial charge in [0.15, 0.2) is 0 Å². The van der Waals surface area contributed by atoms with Crippen molar-refractivity contribution in [2.75, 3.05) is 49.6 Å². The molecule has 0 radical (unpaired) electrons. The molecule has 2 amide bonds. The van der Waals surface area contributed by atoms with Crippen molar-refractivity contribution in [1.82, 2.24) is 4.90 Å². The van der Waals surface area contributed by atoms with Gasteiger partial charge < -0.3 is 19.4 Å². The van der Waals surface area contributed by atoms with Gasteiger partial charge in [0.05, 0.1) is 13.0 Å². The van der Waals surface area contributed by atoms with Gasteiger partial charge in [0, 0.05) is 50.5 Å². The van der Waals surface area contributed by atoms with Crippen molar-refractivity contribution >= 4 is 23.2 Å². The summed E-state index contributed by atoms with van der Waals surface area (Å²) in [7, 11) is 1.61. The quantitative estimate of drug-likeness (QED) is 0.819. The van der Waals surface area contributed by atoms with Crippen LogP contribution < -0.4 is 14.5 Å². The molecule has 0 saturated carbocycles. The Balaban J connectivity index is 1.36. The van der Waals surface area contributed by atoms with E-state index in [1.54, 1.807) is 12.0 Å². The molecule has 6 nitrogen and oxygen atoms in total. The molecule has 1 atom stereocenters. The van der Waals surface area contributed by atoms with Crippen molar-refractivity contribution in [2.45, 2.75) is 6.42 Å². The maximum absolute atomic E-state index is 13.0. The predicted octanol–water partition coefficient (Wildman–Crippen LogP) is 2.40. The van der Waals surface area contributed by atoms with Gasteiger partial charge in [0.2, 0.25) is 11.8 Å². The minimum absolute atomic E-state index is 0.00596. The number of hydrogen-bond acceptors (Lipinski definition) is 4. The molecule has 2 heterocycles. The second kappa shape index (κ2) is 7.92. The summed E-state index contributed by atoms with van der Waals surface area (Å²) in [5.74, 6) is 0.584. The van der Waals surface area contributed by atoms with E-state index in [0.717, 1.165) is 24.5 Å². The summed E-state index contributed by atoms with van der Waals surface area (Å²) < 4.78 is 5.17. The first kappa shape index (κ1) is 18.3. The van der Waals surface area contributed by atoms with Crippen molar-refractivity contribution in [1.29, 1.82) is 0 Å². The Hall–Kier alpha value is -3.02. The van der Waals surface area contributed by atoms with Crippen LogP contribution in [0.5, 0.6) is 5.75 Å². The number of amides is 2. The lowest BCUT2D eigenvalue weighted by atomic mass is 10.1. The first-order chi connectivity index (χ1) is 13.7. The molecule has 2 aromatic rings. The average molecular weight is 379 g/mol. The second-order valence-corrected chi connectivity index (χ2v) is 7.25. The summed E-state index contributed by atoms with van der Waals surface area (Å²) in [5, 5.41) is 0. The third-order valence-electron chi connectivity index (χ3n) is 5.57. The molecule has 6 heteroatoms. The number of anilines is 2. The summed E-state index contributed by atoms with van der Waals surface area (Å²) in [6.45, 7) is 3.47. The minimum Gasteiger partial charge on any atom is -0.497 e. The Labute approximate surface area is 165 Å². The summed E-state index contributed by atoms with van der Waals surface area (Å²) in [6, 6.07) is 17.7. The standard InChI is InChI=1S/C22H25N3O3/c1-28-20-9-7-19(8-10-20)25-16-17(15-21(25)26)22(27)24-13-11-23(12-14-24)18-5-3-2-4-6-18/h2-10,17H,11-16H2,1H3/t17-/m0/s1. The van der Waals surface area contributed by atoms with Crippen LogP contribution in [0.2, 0.25) is 0 Å². The lowest BCUT2D eigenvalue weighted by Gasteiger charge is -2.37. The first-order valence-electron chi connectivity index (χ1n) is 9.69. The molecule has 2 aliphatic heterocycles. The van der Waals surface area contributed by atoms with Crippen molar-refractivity contribution in [3.8, 4) is 5.75 Å². The smallest absolute Gasteiger partial charge is 0.228 e. The third kappa shape index (κ3) is 3.67. The molecular weight excluding hydrogens is 354 g/mol. The number of piperazine rings is 1. The fourth-order valence-electron chi connectivity index (χ4n) is 3.97. The Morgan fingerprint density at radius 1 is 0.929 bits per heavy atom. The number of methoxy groups -OCH3 is 1. The van der Waals surface area contributed by atoms with Crippen LogP contribution in [0.1, 0.15) is 6.42 Å². The third-order valence-corrected chi connectivity index (χ3v) is 5.57. The van der Waals surface area contributed by atoms with Gasteiger partial charge in [-0.2, -0.15) is 0 Å². The molecule has 0 aliphatic carbocycles. The predicted molar refractivity (Wildman–Crippen MR) is 109 cm³/mol. The van der Waals surface area contributed by atoms with Gasteiger partial charge in [0.1, 0.15) is 5.75 Å². The van der Waals surface area contributed by atoms with Gasteiger partial charge in [-0.3, -0.25) is 9.59 Å². The van der Waals surface area contributed by atoms with Crippen LogP contribution in [0.25, 0.3) is 0 Å². The van der Waals surface area contributed by atoms with Crippen LogP contribution in [0, 0.1) is 5.92 Å². The van der Waals surface area contributed by atoms with Crippen LogP contribution in [-0.2, 0) is 9.59 Å². The van der Waals surface area contributed by atoms with Gasteiger partial charge in [-0.25, -0.2) is 0 Å². The van der Waals surface area contributed by atoms with Crippen LogP contribution in [0.3, 0.4) is 0 Å². The van der Waals surface area contributed by atoms with Gasteiger partial charge in [-0.05, 0) is 36.4 Å². The zero-order chi connectivity index (χ0) is 19.5. The summed E-state index contributed by atoms with van der Waals surface area (Å²) in [5.41, 5.74) is 2.01. The number of rotatable bonds is 4. The van der Waals surface area contributed by atoms with E-state index in [9.17, 15) is 9.59 Å². The summed E-state index contributed by atoms with van der Waals surface area (Å²) in [6.07, 6.45) is 0.282. The second-order valence-electron chi connectivity index (χ2n) is 7.25. The maximum Gasteiger partial charge on any atom is 0.228 e. The van der Waals surface area contributed by atoms with Crippen molar-refractivity contribution < 1.29 is 14.3 Å². The Morgan fingerprint density at radius 2 is 1.61 bits per heavy atom. The van der Waals surface area contributed by atoms with Crippen molar-refractivity contribution in [2.24, 2.45) is 5.92 Å². The largest absolute Gasteiger partial charge is 0.497 e. The molecule has 2 aliphatic rings. The molecule has 2 fully saturated rings. The number of hydrogen-bond donors (Lipinski definition) is 0. The number of nitrogens with zero attached hydrogens (tertiary/aromatic N) is 3. The highest BCUT2D eigenvalue weighted by molar-refractivity contribution is 6.00. The van der Waals surface area contributed by atoms with E-state index in [1.807, 2.05) is 47.4 Å². The number of para-hydroxylation sites is 1. The highest BCUT2D eigenvalue weighted by Gasteiger charge is 2.37. The zero-order valence-electron chi connectivity index (χ0n) is 16.1. The first-order valence-corrected chi connectivity index (χ1v) is 9.69. The van der Waals surface area contributed by atoms with Crippen LogP contribution in [-0.4, -0.2) is 56.5 Å². The van der Waals surface area contributed by atoms with Crippen LogP contribution in [0.4, 0.5) is 11.4 Å². The molecule has 0 aromatic heterocycles. The van der Waals surface area contributed by atoms with E-state index < -0.39 is 0 Å². The van der Waals surface area contributed by atoms with Crippen molar-refractivity contribution in [3.63, 3.8) is 0 Å². The highest BCUT2D eigenvalue weighted by Crippen LogP contribution is 2.28. The fourth-order valence-corrected chi connectivity index (χ4v) is 3.97. The Morgan fingerprint density at radius 3 is 2.25 bits per heavy atom. The van der Waals surface area contributed by atoms with E-state index in [0.29, 0.717) is 19.6 Å². The summed E-state index contributed by atoms with van der Waals surface area (Å²) in [4.78, 5) is 31.4. The molecule has 146 valence electrons. The Kier molecular flexibility index (Phi) is 5.19. The molecule has 2 saturated heterocycles. The number of carbonyl (C=O) groups is 2. The monoisotopic (exact) mass is 379 g/mol. The lowest BCUT2D eigenvalue weighted by molar-refractivity contribution is -0.136. The van der Waals surface area contributed by atoms with Gasteiger partial charge in [0.25, 0.3) is 0 Å². The van der Waals surface area contributed by atoms with E-state index in [1.165, 1.54) is 5.69 Å². The molecule has 4 rings (SSSR count). The van der Waals surface area contributed by atoms with Gasteiger partial charge in [-0.1, -0.05) is 18.2 Å². The maximum atomic E-state index is 13.0. The fraction of sp³-hybridized carbons (Fsp3) is 0.364. The normalized spacial score (nSPS) is 19.8. The molecule has 0 N–H and O–H groups in total. The van der Waals surface area contributed by atoms with Crippen LogP contribution in [0.15, 0.2) is 54.6 Å². The number of carbonyl (C=O) groups excluding carboxylic acids is 2. The SMILES string of the molecule is COc1ccc(N2C[C@@H](C(=O)N3CCN(c4ccccc4)CC3)CC2=O)cc1. The lowest BCUT2D eigenvalue weighted by Crippen LogP contribution is -2.50. The molecule has 0 spiro atoms. The molecule has 0 bridgehead atoms. The molecule has 0 unspecified atom stereocenters. The summed E-state index contributed by atoms with van der Waals surface area (Å²) >= 11 is 0. The van der Waals surface area contributed by atoms with E-state index in [4.69, 9.17) is 4.74 Å². The van der Waals surface area contributed by atoms with Gasteiger partial charge >= 0.3 is 0 Å². The van der Waals surface area contributed by atoms with Gasteiger partial charge in [-0.15, -0.1) is 0 Å². The van der Waals surface area contributed by atoms with Crippen molar-refractivity contribution in [3.05, 3.63) is 54.6 Å². The molecule has 2 aromatic carbocycles. The zero-order valence-corrected chi connectivity index (χ0v) is 16.1. The Bertz CT molecular complexity index is 830. The van der Waals surface area contributed by atoms with E-state index in [2.05, 4.69) is 17.0 Å². The molecule has 28 heavy (non-hydrogen) atoms. The van der Waals surface area contributed by atoms with E-state index >= 15 is 0 Å². The average Bonchev–Trinajstić information content (AvgIpc) is 3.15. The molecular formula is C22H25N3O3.